The molecule has 0 aliphatic carbocycles. The first-order chi connectivity index (χ1) is 20.5. The molecule has 1 fully saturated rings. The number of aromatic hydroxyl groups is 2. The van der Waals surface area contributed by atoms with E-state index in [2.05, 4.69) is 15.5 Å². The minimum atomic E-state index is -0.0535. The number of likely N-dealkylation sites (tertiary alicyclic amines) is 1. The monoisotopic (exact) mass is 558 g/mol. The lowest BCUT2D eigenvalue weighted by molar-refractivity contribution is 0.104. The predicted octanol–water partition coefficient (Wildman–Crippen LogP) is 7.04. The standard InChI is InChI=1S/C36H34N2O4/c39-28-10-4-24(5-11-28)27-9-15-31-33(22-27)38-19-16-25-6-12-29(40)23-32(25)35(38)34(31)36(41)26-7-13-30(14-8-26)42-21-20-37-17-2-1-3-18-37/h4-15,22-23,39-40H,1-3,16-21H2. The number of ketones is 1. The first-order valence-corrected chi connectivity index (χ1v) is 14.8. The van der Waals surface area contributed by atoms with Gasteiger partial charge in [0.05, 0.1) is 11.3 Å². The SMILES string of the molecule is O=C(c1ccc(OCCN2CCCCC2)cc1)c1c2n(c3cc(-c4ccc(O)cc4)ccc13)CCc1ccc(O)cc1-2. The summed E-state index contributed by atoms with van der Waals surface area (Å²) in [5.74, 6) is 1.12. The molecule has 2 aliphatic rings. The van der Waals surface area contributed by atoms with Gasteiger partial charge in [-0.2, -0.15) is 0 Å². The molecular formula is C36H34N2O4. The number of nitrogens with zero attached hydrogens (tertiary/aromatic N) is 2. The van der Waals surface area contributed by atoms with Crippen molar-refractivity contribution in [3.63, 3.8) is 0 Å². The van der Waals surface area contributed by atoms with Crippen LogP contribution in [-0.4, -0.2) is 51.7 Å². The average molecular weight is 559 g/mol. The van der Waals surface area contributed by atoms with Gasteiger partial charge in [-0.25, -0.2) is 0 Å². The molecule has 3 heterocycles. The molecule has 0 atom stereocenters. The van der Waals surface area contributed by atoms with E-state index in [4.69, 9.17) is 4.74 Å². The number of aryl methyl sites for hydroxylation is 2. The van der Waals surface area contributed by atoms with E-state index in [1.54, 1.807) is 24.3 Å². The van der Waals surface area contributed by atoms with Gasteiger partial charge in [0.2, 0.25) is 0 Å². The third-order valence-electron chi connectivity index (χ3n) is 8.69. The molecule has 0 bridgehead atoms. The smallest absolute Gasteiger partial charge is 0.195 e. The summed E-state index contributed by atoms with van der Waals surface area (Å²) in [5, 5.41) is 21.1. The Morgan fingerprint density at radius 1 is 0.762 bits per heavy atom. The molecule has 212 valence electrons. The lowest BCUT2D eigenvalue weighted by Crippen LogP contribution is -2.33. The Morgan fingerprint density at radius 2 is 1.50 bits per heavy atom. The fourth-order valence-electron chi connectivity index (χ4n) is 6.48. The first-order valence-electron chi connectivity index (χ1n) is 14.8. The van der Waals surface area contributed by atoms with E-state index in [1.165, 1.54) is 19.3 Å². The van der Waals surface area contributed by atoms with E-state index in [9.17, 15) is 15.0 Å². The second-order valence-electron chi connectivity index (χ2n) is 11.3. The molecule has 2 aliphatic heterocycles. The fourth-order valence-corrected chi connectivity index (χ4v) is 6.48. The van der Waals surface area contributed by atoms with E-state index in [0.29, 0.717) is 17.7 Å². The molecule has 1 saturated heterocycles. The van der Waals surface area contributed by atoms with Crippen molar-refractivity contribution in [2.45, 2.75) is 32.2 Å². The lowest BCUT2D eigenvalue weighted by Gasteiger charge is -2.26. The van der Waals surface area contributed by atoms with Crippen LogP contribution in [0.4, 0.5) is 0 Å². The molecular weight excluding hydrogens is 524 g/mol. The van der Waals surface area contributed by atoms with Crippen LogP contribution in [0.5, 0.6) is 17.2 Å². The van der Waals surface area contributed by atoms with Gasteiger partial charge in [0, 0.05) is 35.1 Å². The maximum Gasteiger partial charge on any atom is 0.195 e. The van der Waals surface area contributed by atoms with Gasteiger partial charge in [-0.15, -0.1) is 0 Å². The molecule has 2 N–H and O–H groups in total. The average Bonchev–Trinajstić information content (AvgIpc) is 3.36. The molecule has 7 rings (SSSR count). The van der Waals surface area contributed by atoms with E-state index >= 15 is 0 Å². The molecule has 5 aromatic rings. The molecule has 6 nitrogen and oxygen atoms in total. The maximum atomic E-state index is 14.3. The highest BCUT2D eigenvalue weighted by atomic mass is 16.5. The zero-order valence-electron chi connectivity index (χ0n) is 23.6. The van der Waals surface area contributed by atoms with Crippen molar-refractivity contribution in [2.24, 2.45) is 0 Å². The number of hydrogen-bond acceptors (Lipinski definition) is 5. The highest BCUT2D eigenvalue weighted by Crippen LogP contribution is 2.42. The summed E-state index contributed by atoms with van der Waals surface area (Å²) in [7, 11) is 0. The highest BCUT2D eigenvalue weighted by molar-refractivity contribution is 6.21. The molecule has 0 saturated carbocycles. The van der Waals surface area contributed by atoms with Crippen LogP contribution in [0.2, 0.25) is 0 Å². The van der Waals surface area contributed by atoms with Gasteiger partial charge in [0.25, 0.3) is 0 Å². The van der Waals surface area contributed by atoms with Crippen molar-refractivity contribution in [3.8, 4) is 39.6 Å². The van der Waals surface area contributed by atoms with E-state index < -0.39 is 0 Å². The first kappa shape index (κ1) is 26.4. The van der Waals surface area contributed by atoms with Crippen LogP contribution in [-0.2, 0) is 13.0 Å². The Labute approximate surface area is 245 Å². The number of benzene rings is 4. The van der Waals surface area contributed by atoms with Gasteiger partial charge in [0.15, 0.2) is 5.78 Å². The van der Waals surface area contributed by atoms with Crippen molar-refractivity contribution in [2.75, 3.05) is 26.2 Å². The van der Waals surface area contributed by atoms with E-state index in [-0.39, 0.29) is 17.3 Å². The van der Waals surface area contributed by atoms with Crippen LogP contribution in [0, 0.1) is 0 Å². The zero-order valence-corrected chi connectivity index (χ0v) is 23.6. The normalized spacial score (nSPS) is 14.9. The summed E-state index contributed by atoms with van der Waals surface area (Å²) in [6.45, 7) is 4.57. The summed E-state index contributed by atoms with van der Waals surface area (Å²) < 4.78 is 8.23. The summed E-state index contributed by atoms with van der Waals surface area (Å²) in [4.78, 5) is 16.7. The van der Waals surface area contributed by atoms with Crippen LogP contribution >= 0.6 is 0 Å². The third-order valence-corrected chi connectivity index (χ3v) is 8.69. The van der Waals surface area contributed by atoms with Crippen LogP contribution in [0.1, 0.15) is 40.7 Å². The maximum absolute atomic E-state index is 14.3. The third kappa shape index (κ3) is 4.92. The van der Waals surface area contributed by atoms with E-state index in [0.717, 1.165) is 77.2 Å². The minimum absolute atomic E-state index is 0.0535. The highest BCUT2D eigenvalue weighted by Gasteiger charge is 2.29. The van der Waals surface area contributed by atoms with Crippen molar-refractivity contribution < 1.29 is 19.7 Å². The van der Waals surface area contributed by atoms with Gasteiger partial charge in [0.1, 0.15) is 23.9 Å². The summed E-state index contributed by atoms with van der Waals surface area (Å²) in [6.07, 6.45) is 4.65. The molecule has 0 radical (unpaired) electrons. The second kappa shape index (κ2) is 11.0. The van der Waals surface area contributed by atoms with Crippen molar-refractivity contribution in [1.82, 2.24) is 9.47 Å². The number of fused-ring (bicyclic) bond motifs is 5. The number of ether oxygens (including phenoxy) is 1. The van der Waals surface area contributed by atoms with Crippen LogP contribution in [0.15, 0.2) is 84.9 Å². The number of piperidine rings is 1. The van der Waals surface area contributed by atoms with E-state index in [1.807, 2.05) is 54.6 Å². The van der Waals surface area contributed by atoms with Crippen molar-refractivity contribution in [3.05, 3.63) is 102 Å². The number of phenols is 2. The summed E-state index contributed by atoms with van der Waals surface area (Å²) >= 11 is 0. The van der Waals surface area contributed by atoms with Gasteiger partial charge in [-0.05, 0) is 104 Å². The molecule has 4 aromatic carbocycles. The Morgan fingerprint density at radius 3 is 2.29 bits per heavy atom. The topological polar surface area (TPSA) is 74.9 Å². The Bertz CT molecular complexity index is 1760. The largest absolute Gasteiger partial charge is 0.508 e. The Hall–Kier alpha value is -4.55. The second-order valence-corrected chi connectivity index (χ2v) is 11.3. The van der Waals surface area contributed by atoms with Gasteiger partial charge < -0.3 is 19.5 Å². The number of carbonyl (C=O) groups is 1. The molecule has 0 spiro atoms. The molecule has 1 aromatic heterocycles. The van der Waals surface area contributed by atoms with Crippen LogP contribution in [0.25, 0.3) is 33.3 Å². The van der Waals surface area contributed by atoms with Crippen molar-refractivity contribution in [1.29, 1.82) is 0 Å². The van der Waals surface area contributed by atoms with Gasteiger partial charge >= 0.3 is 0 Å². The van der Waals surface area contributed by atoms with Crippen LogP contribution in [0.3, 0.4) is 0 Å². The lowest BCUT2D eigenvalue weighted by atomic mass is 9.92. The number of hydrogen-bond donors (Lipinski definition) is 2. The van der Waals surface area contributed by atoms with Gasteiger partial charge in [-0.3, -0.25) is 9.69 Å². The summed E-state index contributed by atoms with van der Waals surface area (Å²) in [6, 6.07) is 26.2. The fraction of sp³-hybridized carbons (Fsp3) is 0.250. The summed E-state index contributed by atoms with van der Waals surface area (Å²) in [5.41, 5.74) is 7.08. The van der Waals surface area contributed by atoms with Crippen molar-refractivity contribution >= 4 is 16.7 Å². The predicted molar refractivity (Wildman–Crippen MR) is 166 cm³/mol. The zero-order chi connectivity index (χ0) is 28.6. The minimum Gasteiger partial charge on any atom is -0.508 e. The Balaban J connectivity index is 1.25. The number of rotatable bonds is 7. The molecule has 6 heteroatoms. The van der Waals surface area contributed by atoms with Gasteiger partial charge in [-0.1, -0.05) is 36.8 Å². The molecule has 42 heavy (non-hydrogen) atoms. The number of phenolic OH excluding ortho intramolecular Hbond substituents is 2. The Kier molecular flexibility index (Phi) is 6.92. The number of carbonyl (C=O) groups excluding carboxylic acids is 1. The molecule has 0 amide bonds. The van der Waals surface area contributed by atoms with Crippen LogP contribution < -0.4 is 4.74 Å². The quantitative estimate of drug-likeness (QED) is 0.210. The number of aromatic nitrogens is 1. The molecule has 0 unspecified atom stereocenters.